The summed E-state index contributed by atoms with van der Waals surface area (Å²) in [6.07, 6.45) is 8.05. The predicted molar refractivity (Wildman–Crippen MR) is 137 cm³/mol. The quantitative estimate of drug-likeness (QED) is 0.318. The van der Waals surface area contributed by atoms with E-state index in [1.165, 1.54) is 66.0 Å². The van der Waals surface area contributed by atoms with Gasteiger partial charge in [-0.05, 0) is 73.6 Å². The van der Waals surface area contributed by atoms with Crippen LogP contribution in [-0.2, 0) is 24.2 Å². The molecule has 2 heterocycles. The number of carbonyl (C=O) groups is 2. The van der Waals surface area contributed by atoms with Gasteiger partial charge in [0.1, 0.15) is 0 Å². The van der Waals surface area contributed by atoms with Crippen molar-refractivity contribution >= 4 is 45.4 Å². The first kappa shape index (κ1) is 23.1. The number of nitrogens with zero attached hydrogens (tertiary/aromatic N) is 1. The Morgan fingerprint density at radius 3 is 2.79 bits per heavy atom. The normalized spacial score (nSPS) is 21.0. The molecule has 34 heavy (non-hydrogen) atoms. The van der Waals surface area contributed by atoms with Gasteiger partial charge in [-0.3, -0.25) is 14.9 Å². The van der Waals surface area contributed by atoms with E-state index in [0.29, 0.717) is 22.2 Å². The molecule has 2 aliphatic rings. The molecule has 8 heteroatoms. The molecule has 1 amide bonds. The zero-order valence-electron chi connectivity index (χ0n) is 19.0. The van der Waals surface area contributed by atoms with Gasteiger partial charge in [-0.25, -0.2) is 4.98 Å². The Hall–Kier alpha value is -2.71. The maximum Gasteiger partial charge on any atom is 0.309 e. The average molecular weight is 496 g/mol. The summed E-state index contributed by atoms with van der Waals surface area (Å²) < 4.78 is 0. The van der Waals surface area contributed by atoms with E-state index in [0.717, 1.165) is 29.1 Å². The van der Waals surface area contributed by atoms with Crippen LogP contribution in [0, 0.1) is 17.8 Å². The second-order valence-electron chi connectivity index (χ2n) is 9.42. The van der Waals surface area contributed by atoms with Crippen LogP contribution in [0.4, 0.5) is 10.8 Å². The van der Waals surface area contributed by atoms with E-state index >= 15 is 0 Å². The molecule has 1 aromatic carbocycles. The molecule has 2 saturated carbocycles. The second kappa shape index (κ2) is 10.3. The summed E-state index contributed by atoms with van der Waals surface area (Å²) in [5, 5.41) is 17.3. The molecule has 3 aromatic rings. The predicted octanol–water partition coefficient (Wildman–Crippen LogP) is 6.06. The summed E-state index contributed by atoms with van der Waals surface area (Å²) >= 11 is 2.69. The number of aliphatic carboxylic acids is 1. The molecule has 2 aromatic heterocycles. The van der Waals surface area contributed by atoms with Gasteiger partial charge < -0.3 is 10.4 Å². The van der Waals surface area contributed by atoms with E-state index in [1.54, 1.807) is 5.38 Å². The van der Waals surface area contributed by atoms with Crippen LogP contribution in [0.2, 0.25) is 0 Å². The number of hydrogen-bond acceptors (Lipinski definition) is 6. The number of hydrogen-bond donors (Lipinski definition) is 3. The molecule has 6 nitrogen and oxygen atoms in total. The van der Waals surface area contributed by atoms with Crippen LogP contribution in [0.25, 0.3) is 0 Å². The number of aromatic nitrogens is 1. The van der Waals surface area contributed by atoms with Gasteiger partial charge in [0.25, 0.3) is 5.91 Å². The van der Waals surface area contributed by atoms with Crippen LogP contribution >= 0.6 is 22.7 Å². The molecular weight excluding hydrogens is 466 g/mol. The number of anilines is 2. The van der Waals surface area contributed by atoms with Gasteiger partial charge in [0.15, 0.2) is 5.13 Å². The van der Waals surface area contributed by atoms with Crippen molar-refractivity contribution in [1.82, 2.24) is 4.98 Å². The third kappa shape index (κ3) is 5.50. The zero-order chi connectivity index (χ0) is 23.5. The van der Waals surface area contributed by atoms with Gasteiger partial charge in [-0.15, -0.1) is 22.7 Å². The molecule has 3 N–H and O–H groups in total. The highest BCUT2D eigenvalue weighted by atomic mass is 32.1. The van der Waals surface area contributed by atoms with E-state index < -0.39 is 5.97 Å². The lowest BCUT2D eigenvalue weighted by Crippen LogP contribution is -2.12. The van der Waals surface area contributed by atoms with Crippen molar-refractivity contribution in [2.24, 2.45) is 17.8 Å². The molecule has 0 saturated heterocycles. The van der Waals surface area contributed by atoms with Crippen LogP contribution in [0.15, 0.2) is 41.8 Å². The van der Waals surface area contributed by atoms with Crippen molar-refractivity contribution in [2.75, 3.05) is 10.6 Å². The third-order valence-electron chi connectivity index (χ3n) is 7.13. The fraction of sp³-hybridized carbons (Fsp3) is 0.423. The Morgan fingerprint density at radius 2 is 2.00 bits per heavy atom. The van der Waals surface area contributed by atoms with Crippen molar-refractivity contribution in [2.45, 2.75) is 51.5 Å². The van der Waals surface area contributed by atoms with Gasteiger partial charge in [-0.1, -0.05) is 24.6 Å². The first-order valence-electron chi connectivity index (χ1n) is 11.9. The Bertz CT molecular complexity index is 1170. The average Bonchev–Trinajstić information content (AvgIpc) is 3.62. The highest BCUT2D eigenvalue weighted by molar-refractivity contribution is 7.15. The summed E-state index contributed by atoms with van der Waals surface area (Å²) in [5.74, 6) is 1.71. The molecule has 5 rings (SSSR count). The fourth-order valence-corrected chi connectivity index (χ4v) is 7.07. The number of nitrogens with one attached hydrogen (secondary N) is 2. The number of thiazole rings is 1. The molecular formula is C26H29N3O3S2. The number of rotatable bonds is 10. The summed E-state index contributed by atoms with van der Waals surface area (Å²) in [6, 6.07) is 12.4. The number of para-hydroxylation sites is 1. The lowest BCUT2D eigenvalue weighted by atomic mass is 9.84. The summed E-state index contributed by atoms with van der Waals surface area (Å²) in [5.41, 5.74) is 3.00. The maximum absolute atomic E-state index is 12.6. The number of carbonyl (C=O) groups excluding carboxylic acids is 1. The number of carboxylic acid groups (broad SMARTS) is 1. The minimum Gasteiger partial charge on any atom is -0.481 e. The number of amides is 1. The van der Waals surface area contributed by atoms with E-state index in [-0.39, 0.29) is 12.3 Å². The summed E-state index contributed by atoms with van der Waals surface area (Å²) in [4.78, 5) is 29.2. The number of aryl methyl sites for hydroxylation is 1. The molecule has 0 spiro atoms. The fourth-order valence-electron chi connectivity index (χ4n) is 5.52. The summed E-state index contributed by atoms with van der Waals surface area (Å²) in [7, 11) is 0. The van der Waals surface area contributed by atoms with Crippen LogP contribution in [0.3, 0.4) is 0 Å². The van der Waals surface area contributed by atoms with Crippen LogP contribution in [0.1, 0.15) is 57.9 Å². The van der Waals surface area contributed by atoms with Crippen molar-refractivity contribution in [3.8, 4) is 0 Å². The standard InChI is InChI=1S/C26H29N3O3S2/c30-24(31)13-20-15-33-26(28-20)29-25(32)23-10-9-21(34-23)14-27-22-4-2-1-3-17(22)7-8-19-12-16-5-6-18(19)11-16/h1-4,9-10,15-16,18-19,27H,5-8,11-14H2,(H,30,31)(H,28,29,32). The van der Waals surface area contributed by atoms with Crippen molar-refractivity contribution in [3.63, 3.8) is 0 Å². The Morgan fingerprint density at radius 1 is 1.12 bits per heavy atom. The van der Waals surface area contributed by atoms with Gasteiger partial charge >= 0.3 is 5.97 Å². The first-order valence-corrected chi connectivity index (χ1v) is 13.6. The lowest BCUT2D eigenvalue weighted by Gasteiger charge is -2.22. The monoisotopic (exact) mass is 495 g/mol. The molecule has 2 fully saturated rings. The number of carboxylic acids is 1. The smallest absolute Gasteiger partial charge is 0.309 e. The highest BCUT2D eigenvalue weighted by Crippen LogP contribution is 2.49. The molecule has 0 aliphatic heterocycles. The molecule has 2 bridgehead atoms. The summed E-state index contributed by atoms with van der Waals surface area (Å²) in [6.45, 7) is 0.670. The Kier molecular flexibility index (Phi) is 6.97. The minimum atomic E-state index is -0.939. The van der Waals surface area contributed by atoms with Crippen LogP contribution < -0.4 is 10.6 Å². The molecule has 0 radical (unpaired) electrons. The lowest BCUT2D eigenvalue weighted by molar-refractivity contribution is -0.136. The van der Waals surface area contributed by atoms with E-state index in [1.807, 2.05) is 12.1 Å². The Labute approximate surface area is 207 Å². The molecule has 2 aliphatic carbocycles. The van der Waals surface area contributed by atoms with Gasteiger partial charge in [0, 0.05) is 22.5 Å². The van der Waals surface area contributed by atoms with E-state index in [2.05, 4.69) is 39.9 Å². The van der Waals surface area contributed by atoms with Gasteiger partial charge in [0.05, 0.1) is 17.0 Å². The molecule has 3 unspecified atom stereocenters. The number of benzene rings is 1. The van der Waals surface area contributed by atoms with E-state index in [9.17, 15) is 9.59 Å². The minimum absolute atomic E-state index is 0.148. The SMILES string of the molecule is O=C(O)Cc1csc(NC(=O)c2ccc(CNc3ccccc3CCC3CC4CCC3C4)s2)n1. The highest BCUT2D eigenvalue weighted by Gasteiger charge is 2.38. The van der Waals surface area contributed by atoms with Crippen LogP contribution in [-0.4, -0.2) is 22.0 Å². The largest absolute Gasteiger partial charge is 0.481 e. The maximum atomic E-state index is 12.6. The second-order valence-corrected chi connectivity index (χ2v) is 11.4. The van der Waals surface area contributed by atoms with Gasteiger partial charge in [0.2, 0.25) is 0 Å². The number of fused-ring (bicyclic) bond motifs is 2. The Balaban J connectivity index is 1.14. The first-order chi connectivity index (χ1) is 16.5. The van der Waals surface area contributed by atoms with Crippen molar-refractivity contribution < 1.29 is 14.7 Å². The van der Waals surface area contributed by atoms with E-state index in [4.69, 9.17) is 5.11 Å². The van der Waals surface area contributed by atoms with Crippen molar-refractivity contribution in [1.29, 1.82) is 0 Å². The molecule has 3 atom stereocenters. The third-order valence-corrected chi connectivity index (χ3v) is 9.02. The zero-order valence-corrected chi connectivity index (χ0v) is 20.6. The van der Waals surface area contributed by atoms with Crippen molar-refractivity contribution in [3.05, 3.63) is 62.8 Å². The molecule has 178 valence electrons. The number of thiophene rings is 1. The topological polar surface area (TPSA) is 91.3 Å². The van der Waals surface area contributed by atoms with Gasteiger partial charge in [-0.2, -0.15) is 0 Å². The van der Waals surface area contributed by atoms with Crippen LogP contribution in [0.5, 0.6) is 0 Å².